The monoisotopic (exact) mass is 1530 g/mol. The third-order valence-corrected chi connectivity index (χ3v) is 26.1. The van der Waals surface area contributed by atoms with Gasteiger partial charge in [0.1, 0.15) is 22.3 Å². The molecule has 18 aromatic carbocycles. The SMILES string of the molecule is CC1(C)c2cc(N(c3ccc(-c4cccc(-c5cccc(-c6ccc(N(c7ccc(-c8cccc9c8oc8ccccc89)cc7)c7ccc8c(c7)C(C)(C)c7cc(-n9c%10ccccc%10c%10ccccc%109)ccc7-8)cc6)c5)c4)cc3)c3ccc(-c4cccc5c4oc4ccccc45)cc3)ccc2-c2ccc(-n3c4ccccc4c4ccccc43)cc21. The maximum absolute atomic E-state index is 6.59. The van der Waals surface area contributed by atoms with E-state index in [4.69, 9.17) is 8.83 Å². The predicted octanol–water partition coefficient (Wildman–Crippen LogP) is 31.6. The molecule has 0 N–H and O–H groups in total. The molecule has 0 aliphatic heterocycles. The average Bonchev–Trinajstić information content (AvgIpc) is 2.10. The van der Waals surface area contributed by atoms with E-state index in [-0.39, 0.29) is 10.8 Å². The Morgan fingerprint density at radius 1 is 0.200 bits per heavy atom. The summed E-state index contributed by atoms with van der Waals surface area (Å²) in [5.74, 6) is 0. The van der Waals surface area contributed by atoms with Crippen molar-refractivity contribution >= 4 is 122 Å². The third kappa shape index (κ3) is 10.7. The predicted molar refractivity (Wildman–Crippen MR) is 501 cm³/mol. The van der Waals surface area contributed by atoms with Gasteiger partial charge in [-0.05, 0) is 235 Å². The lowest BCUT2D eigenvalue weighted by Gasteiger charge is -2.28. The standard InChI is InChI=1S/C114H78N4O2/c1-113(2)101-67-83(57-61-89(101)91-63-59-85(69-103(91)113)117-105-35-11-5-25-93(105)94-26-6-12-36-106(94)117)115(81-53-45-73(46-54-81)87-31-19-33-99-97-29-9-15-39-109(97)119-111(87)99)79-49-41-71(42-50-79)75-21-17-23-77(65-75)78-24-18-22-76(66-78)72-43-51-80(52-44-72)116(82-55-47-74(48-56-82)88-32-20-34-100-98-30-10-16-40-110(98)120-112(88)100)84-58-62-90-92-64-60-86(70-104(92)114(3,4)102(90)68-84)118-107-37-13-7-27-95(107)96-28-8-14-38-108(96)118/h5-70H,1-4H3. The zero-order valence-electron chi connectivity index (χ0n) is 66.7. The number of nitrogens with zero attached hydrogens (tertiary/aromatic N) is 4. The van der Waals surface area contributed by atoms with Crippen molar-refractivity contribution in [3.63, 3.8) is 0 Å². The van der Waals surface area contributed by atoms with Crippen LogP contribution in [0.5, 0.6) is 0 Å². The molecule has 6 nitrogen and oxygen atoms in total. The van der Waals surface area contributed by atoms with Crippen molar-refractivity contribution in [2.24, 2.45) is 0 Å². The second kappa shape index (κ2) is 26.7. The molecule has 2 aliphatic carbocycles. The van der Waals surface area contributed by atoms with Gasteiger partial charge < -0.3 is 27.8 Å². The number of hydrogen-bond donors (Lipinski definition) is 0. The van der Waals surface area contributed by atoms with E-state index in [0.717, 1.165) is 134 Å². The van der Waals surface area contributed by atoms with Crippen LogP contribution in [0, 0.1) is 0 Å². The van der Waals surface area contributed by atoms with Crippen LogP contribution in [0.2, 0.25) is 0 Å². The van der Waals surface area contributed by atoms with E-state index in [2.05, 4.69) is 435 Å². The Morgan fingerprint density at radius 2 is 0.475 bits per heavy atom. The number of benzene rings is 18. The maximum atomic E-state index is 6.59. The molecular weight excluding hydrogens is 1460 g/mol. The summed E-state index contributed by atoms with van der Waals surface area (Å²) in [7, 11) is 0. The number of anilines is 6. The van der Waals surface area contributed by atoms with Crippen molar-refractivity contribution in [1.29, 1.82) is 0 Å². The first-order valence-electron chi connectivity index (χ1n) is 41.6. The smallest absolute Gasteiger partial charge is 0.143 e. The summed E-state index contributed by atoms with van der Waals surface area (Å²) in [5.41, 5.74) is 38.1. The highest BCUT2D eigenvalue weighted by atomic mass is 16.3. The molecule has 0 bridgehead atoms. The lowest BCUT2D eigenvalue weighted by molar-refractivity contribution is 0.660. The molecule has 0 radical (unpaired) electrons. The summed E-state index contributed by atoms with van der Waals surface area (Å²) in [5, 5.41) is 9.52. The lowest BCUT2D eigenvalue weighted by Crippen LogP contribution is -2.17. The minimum Gasteiger partial charge on any atom is -0.455 e. The van der Waals surface area contributed by atoms with Gasteiger partial charge in [0.05, 0.1) is 22.1 Å². The Kier molecular flexibility index (Phi) is 15.3. The lowest BCUT2D eigenvalue weighted by atomic mass is 9.82. The molecule has 2 aliphatic rings. The van der Waals surface area contributed by atoms with Crippen molar-refractivity contribution in [2.75, 3.05) is 9.80 Å². The molecule has 0 unspecified atom stereocenters. The molecule has 0 spiro atoms. The summed E-state index contributed by atoms with van der Waals surface area (Å²) in [6.45, 7) is 9.57. The van der Waals surface area contributed by atoms with Gasteiger partial charge in [-0.25, -0.2) is 0 Å². The Labute approximate surface area is 695 Å². The molecule has 24 rings (SSSR count). The Balaban J connectivity index is 0.552. The summed E-state index contributed by atoms with van der Waals surface area (Å²) in [6, 6.07) is 147. The molecule has 4 heterocycles. The normalized spacial score (nSPS) is 13.1. The highest BCUT2D eigenvalue weighted by Gasteiger charge is 2.39. The Morgan fingerprint density at radius 3 is 0.833 bits per heavy atom. The van der Waals surface area contributed by atoms with E-state index >= 15 is 0 Å². The highest BCUT2D eigenvalue weighted by molar-refractivity contribution is 6.13. The molecule has 6 heteroatoms. The number of aromatic nitrogens is 2. The van der Waals surface area contributed by atoms with Gasteiger partial charge in [0.25, 0.3) is 0 Å². The largest absolute Gasteiger partial charge is 0.455 e. The van der Waals surface area contributed by atoms with E-state index < -0.39 is 0 Å². The first-order valence-corrected chi connectivity index (χ1v) is 41.6. The fourth-order valence-corrected chi connectivity index (χ4v) is 20.2. The maximum Gasteiger partial charge on any atom is 0.143 e. The van der Waals surface area contributed by atoms with Gasteiger partial charge in [-0.15, -0.1) is 0 Å². The van der Waals surface area contributed by atoms with Gasteiger partial charge >= 0.3 is 0 Å². The number of hydrogen-bond acceptors (Lipinski definition) is 4. The van der Waals surface area contributed by atoms with Gasteiger partial charge in [-0.1, -0.05) is 282 Å². The first-order chi connectivity index (χ1) is 59.0. The Hall–Kier alpha value is -15.2. The molecule has 0 saturated heterocycles. The highest BCUT2D eigenvalue weighted by Crippen LogP contribution is 2.55. The van der Waals surface area contributed by atoms with Crippen LogP contribution in [-0.4, -0.2) is 9.13 Å². The minimum absolute atomic E-state index is 0.303. The van der Waals surface area contributed by atoms with Crippen LogP contribution >= 0.6 is 0 Å². The van der Waals surface area contributed by atoms with Crippen molar-refractivity contribution in [3.05, 3.63) is 423 Å². The van der Waals surface area contributed by atoms with Crippen LogP contribution < -0.4 is 9.80 Å². The van der Waals surface area contributed by atoms with E-state index in [9.17, 15) is 0 Å². The van der Waals surface area contributed by atoms with Gasteiger partial charge in [0.15, 0.2) is 0 Å². The third-order valence-electron chi connectivity index (χ3n) is 26.1. The van der Waals surface area contributed by atoms with Crippen molar-refractivity contribution < 1.29 is 8.83 Å². The molecule has 0 fully saturated rings. The molecular formula is C114H78N4O2. The van der Waals surface area contributed by atoms with Crippen LogP contribution in [0.15, 0.2) is 409 Å². The molecule has 0 saturated carbocycles. The van der Waals surface area contributed by atoms with Crippen molar-refractivity contribution in [2.45, 2.75) is 38.5 Å². The van der Waals surface area contributed by atoms with Crippen LogP contribution in [-0.2, 0) is 10.8 Å². The molecule has 566 valence electrons. The number of para-hydroxylation sites is 8. The molecule has 22 aromatic rings. The van der Waals surface area contributed by atoms with Crippen LogP contribution in [0.3, 0.4) is 0 Å². The molecule has 120 heavy (non-hydrogen) atoms. The summed E-state index contributed by atoms with van der Waals surface area (Å²) < 4.78 is 18.1. The van der Waals surface area contributed by atoms with Crippen LogP contribution in [0.25, 0.3) is 177 Å². The van der Waals surface area contributed by atoms with Gasteiger partial charge in [0, 0.05) is 111 Å². The fraction of sp³-hybridized carbons (Fsp3) is 0.0526. The van der Waals surface area contributed by atoms with E-state index in [1.165, 1.54) is 99.5 Å². The van der Waals surface area contributed by atoms with Crippen LogP contribution in [0.4, 0.5) is 34.1 Å². The van der Waals surface area contributed by atoms with Crippen molar-refractivity contribution in [1.82, 2.24) is 9.13 Å². The summed E-state index contributed by atoms with van der Waals surface area (Å²) in [6.07, 6.45) is 0. The zero-order chi connectivity index (χ0) is 79.6. The average molecular weight is 1540 g/mol. The molecule has 0 atom stereocenters. The van der Waals surface area contributed by atoms with Crippen LogP contribution in [0.1, 0.15) is 49.9 Å². The topological polar surface area (TPSA) is 42.6 Å². The summed E-state index contributed by atoms with van der Waals surface area (Å²) in [4.78, 5) is 4.84. The minimum atomic E-state index is -0.303. The Bertz CT molecular complexity index is 7390. The first kappa shape index (κ1) is 69.1. The fourth-order valence-electron chi connectivity index (χ4n) is 20.2. The zero-order valence-corrected chi connectivity index (χ0v) is 66.7. The molecule has 0 amide bonds. The number of fused-ring (bicyclic) bond motifs is 18. The van der Waals surface area contributed by atoms with E-state index in [1.807, 2.05) is 12.1 Å². The number of furan rings is 2. The van der Waals surface area contributed by atoms with E-state index in [0.29, 0.717) is 0 Å². The second-order valence-electron chi connectivity index (χ2n) is 33.5. The van der Waals surface area contributed by atoms with Gasteiger partial charge in [-0.2, -0.15) is 0 Å². The number of rotatable bonds is 13. The van der Waals surface area contributed by atoms with Gasteiger partial charge in [-0.3, -0.25) is 0 Å². The van der Waals surface area contributed by atoms with E-state index in [1.54, 1.807) is 0 Å². The van der Waals surface area contributed by atoms with Gasteiger partial charge in [0.2, 0.25) is 0 Å². The van der Waals surface area contributed by atoms with Crippen molar-refractivity contribution in [3.8, 4) is 89.3 Å². The molecule has 4 aromatic heterocycles. The quantitative estimate of drug-likeness (QED) is 0.115. The second-order valence-corrected chi connectivity index (χ2v) is 33.5. The summed E-state index contributed by atoms with van der Waals surface area (Å²) >= 11 is 0.